The van der Waals surface area contributed by atoms with E-state index in [-0.39, 0.29) is 28.8 Å². The number of thioether (sulfide) groups is 1. The largest absolute Gasteiger partial charge is 0.478 e. The quantitative estimate of drug-likeness (QED) is 0.550. The molecule has 150 valence electrons. The van der Waals surface area contributed by atoms with E-state index in [9.17, 15) is 9.18 Å². The highest BCUT2D eigenvalue weighted by Crippen LogP contribution is 2.36. The summed E-state index contributed by atoms with van der Waals surface area (Å²) in [5.74, 6) is -0.225. The van der Waals surface area contributed by atoms with Gasteiger partial charge in [0.05, 0.1) is 0 Å². The lowest BCUT2D eigenvalue weighted by atomic mass is 10.1. The Morgan fingerprint density at radius 1 is 1.17 bits per heavy atom. The van der Waals surface area contributed by atoms with Gasteiger partial charge in [-0.25, -0.2) is 4.39 Å². The Bertz CT molecular complexity index is 978. The monoisotopic (exact) mass is 413 g/mol. The Morgan fingerprint density at radius 2 is 1.90 bits per heavy atom. The van der Waals surface area contributed by atoms with Gasteiger partial charge in [-0.3, -0.25) is 4.79 Å². The summed E-state index contributed by atoms with van der Waals surface area (Å²) < 4.78 is 25.1. The summed E-state index contributed by atoms with van der Waals surface area (Å²) in [4.78, 5) is 12.7. The van der Waals surface area contributed by atoms with Crippen molar-refractivity contribution in [2.75, 3.05) is 0 Å². The first-order valence-corrected chi connectivity index (χ1v) is 10.2. The number of hydrogen-bond acceptors (Lipinski definition) is 6. The SMILES string of the molecule is C[C@H](Oc1ccccc1F)c1nnc(S[C@H](C(=O)NC2CC2)c2ccccc2)o1. The molecular weight excluding hydrogens is 393 g/mol. The second kappa shape index (κ2) is 8.65. The van der Waals surface area contributed by atoms with E-state index in [0.29, 0.717) is 0 Å². The van der Waals surface area contributed by atoms with Gasteiger partial charge in [-0.1, -0.05) is 42.5 Å². The molecule has 1 aliphatic rings. The van der Waals surface area contributed by atoms with Crippen LogP contribution in [0.1, 0.15) is 42.6 Å². The van der Waals surface area contributed by atoms with Crippen molar-refractivity contribution in [2.45, 2.75) is 42.4 Å². The van der Waals surface area contributed by atoms with Crippen molar-refractivity contribution in [3.63, 3.8) is 0 Å². The number of benzene rings is 2. The molecule has 3 aromatic rings. The molecule has 29 heavy (non-hydrogen) atoms. The standard InChI is InChI=1S/C21H20FN3O3S/c1-13(27-17-10-6-5-9-16(17)22)20-24-25-21(28-20)29-18(14-7-3-2-4-8-14)19(26)23-15-11-12-15/h2-10,13,15,18H,11-12H2,1H3,(H,23,26)/t13-,18-/m0/s1. The van der Waals surface area contributed by atoms with Gasteiger partial charge in [0.15, 0.2) is 17.7 Å². The van der Waals surface area contributed by atoms with Crippen molar-refractivity contribution in [2.24, 2.45) is 0 Å². The van der Waals surface area contributed by atoms with Crippen LogP contribution in [-0.4, -0.2) is 22.1 Å². The number of aromatic nitrogens is 2. The summed E-state index contributed by atoms with van der Waals surface area (Å²) in [5, 5.41) is 10.8. The molecule has 1 fully saturated rings. The van der Waals surface area contributed by atoms with Gasteiger partial charge in [0, 0.05) is 6.04 Å². The topological polar surface area (TPSA) is 77.2 Å². The molecule has 0 spiro atoms. The van der Waals surface area contributed by atoms with Gasteiger partial charge in [0.25, 0.3) is 11.1 Å². The number of rotatable bonds is 8. The van der Waals surface area contributed by atoms with Crippen molar-refractivity contribution < 1.29 is 18.3 Å². The fourth-order valence-corrected chi connectivity index (χ4v) is 3.61. The van der Waals surface area contributed by atoms with Gasteiger partial charge in [-0.2, -0.15) is 0 Å². The van der Waals surface area contributed by atoms with Crippen molar-refractivity contribution in [3.05, 3.63) is 71.9 Å². The van der Waals surface area contributed by atoms with Crippen LogP contribution in [0, 0.1) is 5.82 Å². The zero-order valence-electron chi connectivity index (χ0n) is 15.7. The molecule has 2 aromatic carbocycles. The number of nitrogens with zero attached hydrogens (tertiary/aromatic N) is 2. The predicted molar refractivity (Wildman–Crippen MR) is 106 cm³/mol. The lowest BCUT2D eigenvalue weighted by Crippen LogP contribution is -2.29. The first-order chi connectivity index (χ1) is 14.1. The molecule has 1 aromatic heterocycles. The Balaban J connectivity index is 1.48. The second-order valence-corrected chi connectivity index (χ2v) is 7.84. The van der Waals surface area contributed by atoms with Crippen molar-refractivity contribution in [3.8, 4) is 5.75 Å². The number of carbonyl (C=O) groups excluding carboxylic acids is 1. The van der Waals surface area contributed by atoms with Crippen molar-refractivity contribution in [1.82, 2.24) is 15.5 Å². The molecule has 1 amide bonds. The highest BCUT2D eigenvalue weighted by molar-refractivity contribution is 8.00. The van der Waals surface area contributed by atoms with E-state index in [2.05, 4.69) is 15.5 Å². The van der Waals surface area contributed by atoms with Crippen molar-refractivity contribution >= 4 is 17.7 Å². The average molecular weight is 413 g/mol. The molecule has 2 atom stereocenters. The maximum atomic E-state index is 13.8. The molecule has 6 nitrogen and oxygen atoms in total. The van der Waals surface area contributed by atoms with Crippen molar-refractivity contribution in [1.29, 1.82) is 0 Å². The third-order valence-corrected chi connectivity index (χ3v) is 5.48. The van der Waals surface area contributed by atoms with Crippen LogP contribution in [0.5, 0.6) is 5.75 Å². The Labute approximate surface area is 171 Å². The second-order valence-electron chi connectivity index (χ2n) is 6.79. The molecule has 1 heterocycles. The minimum absolute atomic E-state index is 0.0842. The lowest BCUT2D eigenvalue weighted by molar-refractivity contribution is -0.120. The maximum absolute atomic E-state index is 13.8. The summed E-state index contributed by atoms with van der Waals surface area (Å²) >= 11 is 1.19. The van der Waals surface area contributed by atoms with Gasteiger partial charge >= 0.3 is 0 Å². The van der Waals surface area contributed by atoms with E-state index in [1.807, 2.05) is 30.3 Å². The highest BCUT2D eigenvalue weighted by Gasteiger charge is 2.30. The lowest BCUT2D eigenvalue weighted by Gasteiger charge is -2.15. The molecule has 8 heteroatoms. The zero-order chi connectivity index (χ0) is 20.2. The van der Waals surface area contributed by atoms with E-state index in [4.69, 9.17) is 9.15 Å². The molecule has 1 N–H and O–H groups in total. The smallest absolute Gasteiger partial charge is 0.277 e. The summed E-state index contributed by atoms with van der Waals surface area (Å²) in [5.41, 5.74) is 0.853. The van der Waals surface area contributed by atoms with Crippen LogP contribution < -0.4 is 10.1 Å². The third kappa shape index (κ3) is 4.95. The van der Waals surface area contributed by atoms with E-state index >= 15 is 0 Å². The van der Waals surface area contributed by atoms with E-state index in [1.165, 1.54) is 23.9 Å². The Hall–Kier alpha value is -2.87. The first-order valence-electron chi connectivity index (χ1n) is 9.36. The molecule has 0 unspecified atom stereocenters. The van der Waals surface area contributed by atoms with E-state index in [0.717, 1.165) is 18.4 Å². The molecular formula is C21H20FN3O3S. The van der Waals surface area contributed by atoms with Gasteiger partial charge in [0.2, 0.25) is 5.91 Å². The van der Waals surface area contributed by atoms with Gasteiger partial charge in [-0.05, 0) is 49.2 Å². The Kier molecular flexibility index (Phi) is 5.80. The number of hydrogen-bond donors (Lipinski definition) is 1. The third-order valence-electron chi connectivity index (χ3n) is 4.39. The molecule has 0 aliphatic heterocycles. The van der Waals surface area contributed by atoms with Crippen LogP contribution in [0.25, 0.3) is 0 Å². The number of amides is 1. The van der Waals surface area contributed by atoms with E-state index < -0.39 is 17.2 Å². The zero-order valence-corrected chi connectivity index (χ0v) is 16.6. The summed E-state index contributed by atoms with van der Waals surface area (Å²) in [7, 11) is 0. The molecule has 0 bridgehead atoms. The van der Waals surface area contributed by atoms with Gasteiger partial charge in [0.1, 0.15) is 5.25 Å². The normalized spacial score (nSPS) is 15.5. The van der Waals surface area contributed by atoms with Crippen LogP contribution >= 0.6 is 11.8 Å². The summed E-state index contributed by atoms with van der Waals surface area (Å²) in [6, 6.07) is 15.8. The van der Waals surface area contributed by atoms with Crippen LogP contribution in [-0.2, 0) is 4.79 Å². The number of halogens is 1. The number of ether oxygens (including phenoxy) is 1. The van der Waals surface area contributed by atoms with Crippen LogP contribution in [0.2, 0.25) is 0 Å². The molecule has 0 radical (unpaired) electrons. The van der Waals surface area contributed by atoms with Gasteiger partial charge < -0.3 is 14.5 Å². The number of nitrogens with one attached hydrogen (secondary N) is 1. The van der Waals surface area contributed by atoms with Crippen LogP contribution in [0.15, 0.2) is 64.2 Å². The van der Waals surface area contributed by atoms with E-state index in [1.54, 1.807) is 19.1 Å². The minimum Gasteiger partial charge on any atom is -0.478 e. The Morgan fingerprint density at radius 3 is 2.62 bits per heavy atom. The van der Waals surface area contributed by atoms with Crippen LogP contribution in [0.4, 0.5) is 4.39 Å². The maximum Gasteiger partial charge on any atom is 0.277 e. The van der Waals surface area contributed by atoms with Crippen LogP contribution in [0.3, 0.4) is 0 Å². The molecule has 1 saturated carbocycles. The molecule has 1 aliphatic carbocycles. The molecule has 0 saturated heterocycles. The highest BCUT2D eigenvalue weighted by atomic mass is 32.2. The minimum atomic E-state index is -0.635. The fraction of sp³-hybridized carbons (Fsp3) is 0.286. The van der Waals surface area contributed by atoms with Gasteiger partial charge in [-0.15, -0.1) is 10.2 Å². The predicted octanol–water partition coefficient (Wildman–Crippen LogP) is 4.46. The summed E-state index contributed by atoms with van der Waals surface area (Å²) in [6.45, 7) is 1.70. The number of carbonyl (C=O) groups is 1. The first kappa shape index (κ1) is 19.4. The molecule has 4 rings (SSSR count). The summed E-state index contributed by atoms with van der Waals surface area (Å²) in [6.07, 6.45) is 1.38. The number of para-hydroxylation sites is 1. The fourth-order valence-electron chi connectivity index (χ4n) is 2.72. The average Bonchev–Trinajstić information content (AvgIpc) is 3.42.